The molecule has 4 heterocycles. The highest BCUT2D eigenvalue weighted by atomic mass is 16.5. The number of nitrogens with zero attached hydrogens (tertiary/aromatic N) is 5. The van der Waals surface area contributed by atoms with Gasteiger partial charge in [0.1, 0.15) is 0 Å². The molecule has 1 saturated heterocycles. The van der Waals surface area contributed by atoms with Crippen LogP contribution in [0.2, 0.25) is 0 Å². The Bertz CT molecular complexity index is 1050. The molecule has 5 rings (SSSR count). The predicted molar refractivity (Wildman–Crippen MR) is 109 cm³/mol. The van der Waals surface area contributed by atoms with Gasteiger partial charge in [0, 0.05) is 49.4 Å². The monoisotopic (exact) mass is 394 g/mol. The highest BCUT2D eigenvalue weighted by Crippen LogP contribution is 2.30. The summed E-state index contributed by atoms with van der Waals surface area (Å²) in [5.74, 6) is 0.822. The number of likely N-dealkylation sites (N-methyl/N-ethyl adjacent to an activating group) is 1. The Morgan fingerprint density at radius 3 is 2.90 bits per heavy atom. The van der Waals surface area contributed by atoms with Crippen molar-refractivity contribution in [3.8, 4) is 11.3 Å². The quantitative estimate of drug-likeness (QED) is 0.694. The van der Waals surface area contributed by atoms with Gasteiger partial charge in [0.05, 0.1) is 30.1 Å². The average molecular weight is 394 g/mol. The van der Waals surface area contributed by atoms with E-state index in [1.165, 1.54) is 0 Å². The molecular formula is C21H26N6O2. The number of fused-ring (bicyclic) bond motifs is 1. The van der Waals surface area contributed by atoms with Gasteiger partial charge < -0.3 is 15.0 Å². The van der Waals surface area contributed by atoms with Crippen LogP contribution in [0.15, 0.2) is 30.6 Å². The minimum absolute atomic E-state index is 0.0669. The number of pyridine rings is 1. The number of aryl methyl sites for hydroxylation is 1. The fourth-order valence-electron chi connectivity index (χ4n) is 3.98. The van der Waals surface area contributed by atoms with Crippen LogP contribution in [0.4, 0.5) is 5.82 Å². The van der Waals surface area contributed by atoms with Crippen molar-refractivity contribution >= 4 is 17.2 Å². The van der Waals surface area contributed by atoms with Crippen molar-refractivity contribution in [1.29, 1.82) is 0 Å². The van der Waals surface area contributed by atoms with E-state index in [1.807, 2.05) is 36.3 Å². The Labute approximate surface area is 169 Å². The van der Waals surface area contributed by atoms with Crippen molar-refractivity contribution in [2.75, 3.05) is 25.5 Å². The molecule has 2 aliphatic rings. The summed E-state index contributed by atoms with van der Waals surface area (Å²) in [6.45, 7) is 2.61. The Balaban J connectivity index is 1.37. The van der Waals surface area contributed by atoms with E-state index in [9.17, 15) is 4.79 Å². The number of carbonyl (C=O) groups is 1. The standard InChI is InChI=1S/C21H26N6O2/c1-25-7-6-18(12-25)29-13-16-11-22-26(2)20(16)15-5-8-27-17(9-15)10-19(24-27)23-21(28)14-3-4-14/h5,8-11,14,18H,3-4,6-7,12-13H2,1-2H3,(H,23,24,28)/t18-/m0/s1. The summed E-state index contributed by atoms with van der Waals surface area (Å²) < 4.78 is 9.81. The van der Waals surface area contributed by atoms with Crippen LogP contribution in [0.3, 0.4) is 0 Å². The van der Waals surface area contributed by atoms with E-state index in [4.69, 9.17) is 4.74 Å². The lowest BCUT2D eigenvalue weighted by atomic mass is 10.1. The maximum Gasteiger partial charge on any atom is 0.228 e. The number of carbonyl (C=O) groups excluding carboxylic acids is 1. The Morgan fingerprint density at radius 1 is 1.28 bits per heavy atom. The van der Waals surface area contributed by atoms with Crippen molar-refractivity contribution in [3.05, 3.63) is 36.2 Å². The van der Waals surface area contributed by atoms with E-state index in [1.54, 1.807) is 4.52 Å². The smallest absolute Gasteiger partial charge is 0.228 e. The molecule has 3 aromatic rings. The fraction of sp³-hybridized carbons (Fsp3) is 0.476. The first-order valence-electron chi connectivity index (χ1n) is 10.2. The van der Waals surface area contributed by atoms with E-state index in [2.05, 4.69) is 33.5 Å². The van der Waals surface area contributed by atoms with Crippen LogP contribution in [-0.4, -0.2) is 56.4 Å². The number of rotatable bonds is 6. The first-order chi connectivity index (χ1) is 14.1. The van der Waals surface area contributed by atoms with Crippen molar-refractivity contribution in [3.63, 3.8) is 0 Å². The molecule has 0 radical (unpaired) electrons. The van der Waals surface area contributed by atoms with Gasteiger partial charge in [-0.3, -0.25) is 9.48 Å². The molecule has 0 bridgehead atoms. The van der Waals surface area contributed by atoms with Crippen LogP contribution in [-0.2, 0) is 23.2 Å². The van der Waals surface area contributed by atoms with Crippen molar-refractivity contribution < 1.29 is 9.53 Å². The van der Waals surface area contributed by atoms with Gasteiger partial charge in [-0.25, -0.2) is 4.52 Å². The van der Waals surface area contributed by atoms with Crippen molar-refractivity contribution in [2.45, 2.75) is 32.0 Å². The Hall–Kier alpha value is -2.71. The van der Waals surface area contributed by atoms with E-state index < -0.39 is 0 Å². The van der Waals surface area contributed by atoms with Gasteiger partial charge in [-0.1, -0.05) is 0 Å². The minimum atomic E-state index is 0.0669. The van der Waals surface area contributed by atoms with Crippen LogP contribution in [0.1, 0.15) is 24.8 Å². The molecule has 1 N–H and O–H groups in total. The number of anilines is 1. The number of nitrogens with one attached hydrogen (secondary N) is 1. The molecule has 0 aromatic carbocycles. The van der Waals surface area contributed by atoms with Crippen LogP contribution in [0.5, 0.6) is 0 Å². The predicted octanol–water partition coefficient (Wildman–Crippen LogP) is 2.30. The number of amides is 1. The lowest BCUT2D eigenvalue weighted by Crippen LogP contribution is -2.19. The molecule has 152 valence electrons. The maximum atomic E-state index is 12.0. The topological polar surface area (TPSA) is 76.7 Å². The van der Waals surface area contributed by atoms with Gasteiger partial charge in [0.15, 0.2) is 5.82 Å². The summed E-state index contributed by atoms with van der Waals surface area (Å²) in [6, 6.07) is 6.00. The number of likely N-dealkylation sites (tertiary alicyclic amines) is 1. The number of ether oxygens (including phenoxy) is 1. The zero-order valence-electron chi connectivity index (χ0n) is 16.8. The lowest BCUT2D eigenvalue weighted by molar-refractivity contribution is -0.117. The summed E-state index contributed by atoms with van der Waals surface area (Å²) in [5, 5.41) is 11.8. The summed E-state index contributed by atoms with van der Waals surface area (Å²) in [4.78, 5) is 14.3. The first kappa shape index (κ1) is 18.3. The van der Waals surface area contributed by atoms with Crippen molar-refractivity contribution in [1.82, 2.24) is 24.3 Å². The van der Waals surface area contributed by atoms with Gasteiger partial charge in [0.25, 0.3) is 0 Å². The zero-order valence-corrected chi connectivity index (χ0v) is 16.8. The third-order valence-corrected chi connectivity index (χ3v) is 5.77. The second-order valence-corrected chi connectivity index (χ2v) is 8.20. The third kappa shape index (κ3) is 3.77. The normalized spacial score (nSPS) is 19.9. The molecule has 8 heteroatoms. The molecule has 1 aliphatic carbocycles. The molecular weight excluding hydrogens is 368 g/mol. The van der Waals surface area contributed by atoms with Gasteiger partial charge in [-0.05, 0) is 38.4 Å². The second kappa shape index (κ2) is 7.27. The van der Waals surface area contributed by atoms with Crippen LogP contribution in [0, 0.1) is 5.92 Å². The van der Waals surface area contributed by atoms with E-state index in [0.717, 1.165) is 54.7 Å². The van der Waals surface area contributed by atoms with Crippen LogP contribution >= 0.6 is 0 Å². The molecule has 29 heavy (non-hydrogen) atoms. The van der Waals surface area contributed by atoms with Crippen molar-refractivity contribution in [2.24, 2.45) is 13.0 Å². The first-order valence-corrected chi connectivity index (χ1v) is 10.2. The summed E-state index contributed by atoms with van der Waals surface area (Å²) in [6.07, 6.45) is 7.11. The third-order valence-electron chi connectivity index (χ3n) is 5.77. The van der Waals surface area contributed by atoms with E-state index >= 15 is 0 Å². The van der Waals surface area contributed by atoms with Gasteiger partial charge in [0.2, 0.25) is 5.91 Å². The lowest BCUT2D eigenvalue weighted by Gasteiger charge is -2.13. The van der Waals surface area contributed by atoms with Gasteiger partial charge in [-0.2, -0.15) is 10.2 Å². The Morgan fingerprint density at radius 2 is 2.14 bits per heavy atom. The highest BCUT2D eigenvalue weighted by Gasteiger charge is 2.30. The van der Waals surface area contributed by atoms with E-state index in [0.29, 0.717) is 12.4 Å². The Kier molecular flexibility index (Phi) is 4.60. The number of aromatic nitrogens is 4. The van der Waals surface area contributed by atoms with Crippen LogP contribution < -0.4 is 5.32 Å². The average Bonchev–Trinajstić information content (AvgIpc) is 3.20. The molecule has 1 saturated carbocycles. The molecule has 2 fully saturated rings. The molecule has 8 nitrogen and oxygen atoms in total. The molecule has 1 amide bonds. The molecule has 0 spiro atoms. The van der Waals surface area contributed by atoms with E-state index in [-0.39, 0.29) is 17.9 Å². The second-order valence-electron chi connectivity index (χ2n) is 8.20. The van der Waals surface area contributed by atoms with Gasteiger partial charge >= 0.3 is 0 Å². The number of hydrogen-bond acceptors (Lipinski definition) is 5. The minimum Gasteiger partial charge on any atom is -0.372 e. The van der Waals surface area contributed by atoms with Crippen LogP contribution in [0.25, 0.3) is 16.8 Å². The molecule has 3 aromatic heterocycles. The highest BCUT2D eigenvalue weighted by molar-refractivity contribution is 5.93. The zero-order chi connectivity index (χ0) is 20.0. The largest absolute Gasteiger partial charge is 0.372 e. The van der Waals surface area contributed by atoms with Gasteiger partial charge in [-0.15, -0.1) is 0 Å². The summed E-state index contributed by atoms with van der Waals surface area (Å²) in [7, 11) is 4.07. The maximum absolute atomic E-state index is 12.0. The molecule has 1 atom stereocenters. The summed E-state index contributed by atoms with van der Waals surface area (Å²) in [5.41, 5.74) is 4.11. The number of hydrogen-bond donors (Lipinski definition) is 1. The fourth-order valence-corrected chi connectivity index (χ4v) is 3.98. The molecule has 0 unspecified atom stereocenters. The summed E-state index contributed by atoms with van der Waals surface area (Å²) >= 11 is 0. The molecule has 1 aliphatic heterocycles. The SMILES string of the molecule is CN1CC[C@H](OCc2cnn(C)c2-c2ccn3nc(NC(=O)C4CC4)cc3c2)C1.